The summed E-state index contributed by atoms with van der Waals surface area (Å²) in [6, 6.07) is 6.67. The van der Waals surface area contributed by atoms with Crippen LogP contribution >= 0.6 is 0 Å². The number of rotatable bonds is 2. The molecule has 19 heavy (non-hydrogen) atoms. The van der Waals surface area contributed by atoms with Gasteiger partial charge in [-0.25, -0.2) is 0 Å². The number of fused-ring (bicyclic) bond motifs is 1. The van der Waals surface area contributed by atoms with E-state index in [1.165, 1.54) is 48.6 Å². The van der Waals surface area contributed by atoms with Crippen LogP contribution in [0.4, 0.5) is 0 Å². The molecule has 102 valence electrons. The van der Waals surface area contributed by atoms with Crippen molar-refractivity contribution in [2.45, 2.75) is 51.4 Å². The first kappa shape index (κ1) is 12.7. The van der Waals surface area contributed by atoms with Gasteiger partial charge in [-0.1, -0.05) is 25.3 Å². The van der Waals surface area contributed by atoms with Crippen LogP contribution < -0.4 is 5.73 Å². The van der Waals surface area contributed by atoms with Gasteiger partial charge in [0.15, 0.2) is 0 Å². The molecule has 2 heteroatoms. The summed E-state index contributed by atoms with van der Waals surface area (Å²) in [6.07, 6.45) is 6.42. The van der Waals surface area contributed by atoms with E-state index < -0.39 is 0 Å². The van der Waals surface area contributed by atoms with Gasteiger partial charge in [-0.05, 0) is 49.9 Å². The maximum atomic E-state index is 6.13. The van der Waals surface area contributed by atoms with Gasteiger partial charge >= 0.3 is 0 Å². The van der Waals surface area contributed by atoms with Crippen LogP contribution in [0.15, 0.2) is 22.6 Å². The lowest BCUT2D eigenvalue weighted by molar-refractivity contribution is 0.301. The van der Waals surface area contributed by atoms with Crippen LogP contribution in [0.5, 0.6) is 0 Å². The topological polar surface area (TPSA) is 39.2 Å². The number of hydrogen-bond donors (Lipinski definition) is 1. The first-order valence-corrected chi connectivity index (χ1v) is 7.37. The number of aryl methyl sites for hydroxylation is 2. The van der Waals surface area contributed by atoms with Crippen molar-refractivity contribution in [1.29, 1.82) is 0 Å². The Bertz CT molecular complexity index is 591. The average Bonchev–Trinajstić information content (AvgIpc) is 2.74. The molecule has 1 aromatic heterocycles. The highest BCUT2D eigenvalue weighted by atomic mass is 16.3. The molecule has 2 N–H and O–H groups in total. The van der Waals surface area contributed by atoms with E-state index in [1.807, 2.05) is 6.92 Å². The van der Waals surface area contributed by atoms with E-state index in [2.05, 4.69) is 25.1 Å². The standard InChI is InChI=1S/C17H23NO/c1-12-13(2)19-16-7-6-14(10-15(12)16)17(11-18)8-4-3-5-9-17/h6-7,10H,3-5,8-9,11,18H2,1-2H3. The van der Waals surface area contributed by atoms with Crippen molar-refractivity contribution in [3.63, 3.8) is 0 Å². The zero-order valence-electron chi connectivity index (χ0n) is 12.0. The molecule has 1 heterocycles. The maximum absolute atomic E-state index is 6.13. The summed E-state index contributed by atoms with van der Waals surface area (Å²) in [5.74, 6) is 1.03. The lowest BCUT2D eigenvalue weighted by atomic mass is 9.69. The lowest BCUT2D eigenvalue weighted by Gasteiger charge is -2.36. The van der Waals surface area contributed by atoms with Crippen molar-refractivity contribution in [3.05, 3.63) is 35.1 Å². The molecule has 0 radical (unpaired) electrons. The third kappa shape index (κ3) is 1.99. The Balaban J connectivity index is 2.11. The first-order valence-electron chi connectivity index (χ1n) is 7.37. The van der Waals surface area contributed by atoms with Crippen molar-refractivity contribution in [2.24, 2.45) is 5.73 Å². The van der Waals surface area contributed by atoms with Gasteiger partial charge in [-0.15, -0.1) is 0 Å². The zero-order valence-corrected chi connectivity index (χ0v) is 12.0. The molecule has 0 atom stereocenters. The molecule has 1 fully saturated rings. The Kier molecular flexibility index (Phi) is 3.14. The minimum absolute atomic E-state index is 0.198. The van der Waals surface area contributed by atoms with Gasteiger partial charge < -0.3 is 10.2 Å². The summed E-state index contributed by atoms with van der Waals surface area (Å²) in [5.41, 5.74) is 10.0. The molecule has 2 aromatic rings. The van der Waals surface area contributed by atoms with Crippen LogP contribution in [0.1, 0.15) is 49.0 Å². The lowest BCUT2D eigenvalue weighted by Crippen LogP contribution is -2.37. The molecular formula is C17H23NO. The van der Waals surface area contributed by atoms with Crippen molar-refractivity contribution >= 4 is 11.0 Å². The van der Waals surface area contributed by atoms with Crippen molar-refractivity contribution in [2.75, 3.05) is 6.54 Å². The maximum Gasteiger partial charge on any atom is 0.134 e. The van der Waals surface area contributed by atoms with Crippen LogP contribution in [-0.4, -0.2) is 6.54 Å². The monoisotopic (exact) mass is 257 g/mol. The number of hydrogen-bond acceptors (Lipinski definition) is 2. The molecular weight excluding hydrogens is 234 g/mol. The van der Waals surface area contributed by atoms with Gasteiger partial charge in [0, 0.05) is 17.3 Å². The van der Waals surface area contributed by atoms with Gasteiger partial charge in [0.05, 0.1) is 0 Å². The minimum Gasteiger partial charge on any atom is -0.461 e. The van der Waals surface area contributed by atoms with Crippen LogP contribution in [0.25, 0.3) is 11.0 Å². The normalized spacial score (nSPS) is 18.9. The molecule has 1 saturated carbocycles. The fourth-order valence-electron chi connectivity index (χ4n) is 3.51. The highest BCUT2D eigenvalue weighted by molar-refractivity contribution is 5.83. The summed E-state index contributed by atoms with van der Waals surface area (Å²) in [5, 5.41) is 1.26. The summed E-state index contributed by atoms with van der Waals surface area (Å²) >= 11 is 0. The van der Waals surface area contributed by atoms with Gasteiger partial charge in [0.25, 0.3) is 0 Å². The fraction of sp³-hybridized carbons (Fsp3) is 0.529. The van der Waals surface area contributed by atoms with Crippen LogP contribution in [0.3, 0.4) is 0 Å². The summed E-state index contributed by atoms with van der Waals surface area (Å²) in [6.45, 7) is 4.93. The molecule has 2 nitrogen and oxygen atoms in total. The molecule has 3 rings (SSSR count). The Morgan fingerprint density at radius 2 is 1.89 bits per heavy atom. The average molecular weight is 257 g/mol. The first-order chi connectivity index (χ1) is 9.16. The smallest absolute Gasteiger partial charge is 0.134 e. The van der Waals surface area contributed by atoms with E-state index >= 15 is 0 Å². The number of benzene rings is 1. The van der Waals surface area contributed by atoms with Crippen molar-refractivity contribution in [3.8, 4) is 0 Å². The number of nitrogens with two attached hydrogens (primary N) is 1. The second-order valence-corrected chi connectivity index (χ2v) is 6.04. The second kappa shape index (κ2) is 4.68. The van der Waals surface area contributed by atoms with Gasteiger partial charge in [-0.3, -0.25) is 0 Å². The molecule has 0 spiro atoms. The minimum atomic E-state index is 0.198. The van der Waals surface area contributed by atoms with Crippen LogP contribution in [-0.2, 0) is 5.41 Å². The van der Waals surface area contributed by atoms with E-state index in [0.29, 0.717) is 0 Å². The molecule has 0 unspecified atom stereocenters. The summed E-state index contributed by atoms with van der Waals surface area (Å²) in [4.78, 5) is 0. The molecule has 1 aliphatic carbocycles. The Labute approximate surface area is 115 Å². The molecule has 0 saturated heterocycles. The van der Waals surface area contributed by atoms with Gasteiger partial charge in [0.1, 0.15) is 11.3 Å². The summed E-state index contributed by atoms with van der Waals surface area (Å²) in [7, 11) is 0. The second-order valence-electron chi connectivity index (χ2n) is 6.04. The van der Waals surface area contributed by atoms with E-state index in [0.717, 1.165) is 17.9 Å². The van der Waals surface area contributed by atoms with Crippen molar-refractivity contribution < 1.29 is 4.42 Å². The fourth-order valence-corrected chi connectivity index (χ4v) is 3.51. The highest BCUT2D eigenvalue weighted by Crippen LogP contribution is 2.40. The Morgan fingerprint density at radius 1 is 1.16 bits per heavy atom. The van der Waals surface area contributed by atoms with E-state index in [4.69, 9.17) is 10.2 Å². The quantitative estimate of drug-likeness (QED) is 0.875. The van der Waals surface area contributed by atoms with Crippen molar-refractivity contribution in [1.82, 2.24) is 0 Å². The van der Waals surface area contributed by atoms with E-state index in [-0.39, 0.29) is 5.41 Å². The number of furan rings is 1. The highest BCUT2D eigenvalue weighted by Gasteiger charge is 2.32. The third-order valence-electron chi connectivity index (χ3n) is 4.99. The molecule has 0 aliphatic heterocycles. The van der Waals surface area contributed by atoms with Gasteiger partial charge in [-0.2, -0.15) is 0 Å². The zero-order chi connectivity index (χ0) is 13.5. The predicted molar refractivity (Wildman–Crippen MR) is 79.5 cm³/mol. The Hall–Kier alpha value is -1.28. The molecule has 0 bridgehead atoms. The van der Waals surface area contributed by atoms with Gasteiger partial charge in [0.2, 0.25) is 0 Å². The third-order valence-corrected chi connectivity index (χ3v) is 4.99. The molecule has 1 aliphatic rings. The van der Waals surface area contributed by atoms with Crippen LogP contribution in [0.2, 0.25) is 0 Å². The summed E-state index contributed by atoms with van der Waals surface area (Å²) < 4.78 is 5.78. The Morgan fingerprint density at radius 3 is 2.58 bits per heavy atom. The van der Waals surface area contributed by atoms with E-state index in [1.54, 1.807) is 0 Å². The largest absolute Gasteiger partial charge is 0.461 e. The van der Waals surface area contributed by atoms with Crippen LogP contribution in [0, 0.1) is 13.8 Å². The molecule has 1 aromatic carbocycles. The molecule has 0 amide bonds. The predicted octanol–water partition coefficient (Wildman–Crippen LogP) is 4.21. The SMILES string of the molecule is Cc1oc2ccc(C3(CN)CCCCC3)cc2c1C. The van der Waals surface area contributed by atoms with E-state index in [9.17, 15) is 0 Å².